The predicted molar refractivity (Wildman–Crippen MR) is 85.2 cm³/mol. The van der Waals surface area contributed by atoms with Gasteiger partial charge in [-0.1, -0.05) is 12.1 Å². The van der Waals surface area contributed by atoms with Crippen molar-refractivity contribution >= 4 is 0 Å². The molecule has 2 nitrogen and oxygen atoms in total. The van der Waals surface area contributed by atoms with Crippen LogP contribution in [0.15, 0.2) is 12.1 Å². The number of hydrogen-bond donors (Lipinski definition) is 1. The number of hydrogen-bond acceptors (Lipinski definition) is 2. The summed E-state index contributed by atoms with van der Waals surface area (Å²) in [6.45, 7) is 11.6. The Balaban J connectivity index is 1.73. The highest BCUT2D eigenvalue weighted by molar-refractivity contribution is 5.38. The molecular formula is C18H28N2. The van der Waals surface area contributed by atoms with E-state index in [1.807, 2.05) is 0 Å². The zero-order valence-corrected chi connectivity index (χ0v) is 13.4. The van der Waals surface area contributed by atoms with Gasteiger partial charge in [0, 0.05) is 24.7 Å². The highest BCUT2D eigenvalue weighted by Gasteiger charge is 2.37. The predicted octanol–water partition coefficient (Wildman–Crippen LogP) is 3.50. The van der Waals surface area contributed by atoms with Crippen LogP contribution in [0.5, 0.6) is 0 Å². The minimum Gasteiger partial charge on any atom is -0.306 e. The number of aryl methyl sites for hydroxylation is 3. The minimum atomic E-state index is 0.458. The molecule has 2 fully saturated rings. The van der Waals surface area contributed by atoms with Gasteiger partial charge in [-0.2, -0.15) is 0 Å². The van der Waals surface area contributed by atoms with Gasteiger partial charge in [0.15, 0.2) is 0 Å². The lowest BCUT2D eigenvalue weighted by Gasteiger charge is -2.26. The second-order valence-electron chi connectivity index (χ2n) is 6.82. The highest BCUT2D eigenvalue weighted by atomic mass is 15.2. The molecule has 0 amide bonds. The zero-order chi connectivity index (χ0) is 14.3. The molecule has 3 rings (SSSR count). The van der Waals surface area contributed by atoms with Crippen LogP contribution in [0.4, 0.5) is 0 Å². The van der Waals surface area contributed by atoms with E-state index in [9.17, 15) is 0 Å². The molecule has 2 aliphatic heterocycles. The average molecular weight is 272 g/mol. The SMILES string of the molecule is Cc1cc(C)c(C(C)NC2CCN3CCCC23)cc1C. The maximum absolute atomic E-state index is 3.91. The van der Waals surface area contributed by atoms with Crippen LogP contribution in [0, 0.1) is 20.8 Å². The number of nitrogens with one attached hydrogen (secondary N) is 1. The van der Waals surface area contributed by atoms with E-state index in [1.54, 1.807) is 0 Å². The first-order valence-corrected chi connectivity index (χ1v) is 8.14. The van der Waals surface area contributed by atoms with Crippen molar-refractivity contribution in [1.82, 2.24) is 10.2 Å². The summed E-state index contributed by atoms with van der Waals surface area (Å²) in [4.78, 5) is 2.68. The molecule has 20 heavy (non-hydrogen) atoms. The summed E-state index contributed by atoms with van der Waals surface area (Å²) < 4.78 is 0. The maximum Gasteiger partial charge on any atom is 0.0297 e. The van der Waals surface area contributed by atoms with E-state index in [4.69, 9.17) is 0 Å². The third-order valence-electron chi connectivity index (χ3n) is 5.42. The lowest BCUT2D eigenvalue weighted by atomic mass is 9.95. The van der Waals surface area contributed by atoms with Crippen LogP contribution in [-0.4, -0.2) is 30.1 Å². The van der Waals surface area contributed by atoms with E-state index in [0.717, 1.165) is 6.04 Å². The minimum absolute atomic E-state index is 0.458. The van der Waals surface area contributed by atoms with Gasteiger partial charge in [0.05, 0.1) is 0 Å². The van der Waals surface area contributed by atoms with Gasteiger partial charge in [-0.05, 0) is 75.8 Å². The molecule has 3 unspecified atom stereocenters. The van der Waals surface area contributed by atoms with Gasteiger partial charge >= 0.3 is 0 Å². The summed E-state index contributed by atoms with van der Waals surface area (Å²) in [5.74, 6) is 0. The summed E-state index contributed by atoms with van der Waals surface area (Å²) in [6, 6.07) is 6.65. The van der Waals surface area contributed by atoms with Crippen LogP contribution in [0.25, 0.3) is 0 Å². The zero-order valence-electron chi connectivity index (χ0n) is 13.4. The summed E-state index contributed by atoms with van der Waals surface area (Å²) in [7, 11) is 0. The third kappa shape index (κ3) is 2.51. The number of nitrogens with zero attached hydrogens (tertiary/aromatic N) is 1. The van der Waals surface area contributed by atoms with E-state index >= 15 is 0 Å². The maximum atomic E-state index is 3.91. The fourth-order valence-electron chi connectivity index (χ4n) is 4.14. The number of fused-ring (bicyclic) bond motifs is 1. The van der Waals surface area contributed by atoms with E-state index in [-0.39, 0.29) is 0 Å². The van der Waals surface area contributed by atoms with Gasteiger partial charge in [0.2, 0.25) is 0 Å². The first kappa shape index (κ1) is 14.1. The molecule has 0 radical (unpaired) electrons. The van der Waals surface area contributed by atoms with Crippen molar-refractivity contribution in [3.63, 3.8) is 0 Å². The summed E-state index contributed by atoms with van der Waals surface area (Å²) in [5, 5.41) is 3.91. The molecule has 2 aliphatic rings. The Hall–Kier alpha value is -0.860. The van der Waals surface area contributed by atoms with Crippen molar-refractivity contribution in [2.75, 3.05) is 13.1 Å². The lowest BCUT2D eigenvalue weighted by molar-refractivity contribution is 0.291. The smallest absolute Gasteiger partial charge is 0.0297 e. The molecule has 110 valence electrons. The standard InChI is InChI=1S/C18H28N2/c1-12-10-14(3)16(11-13(12)2)15(4)19-17-7-9-20-8-5-6-18(17)20/h10-11,15,17-19H,5-9H2,1-4H3. The summed E-state index contributed by atoms with van der Waals surface area (Å²) in [5.41, 5.74) is 5.72. The van der Waals surface area contributed by atoms with Gasteiger partial charge in [0.1, 0.15) is 0 Å². The van der Waals surface area contributed by atoms with Gasteiger partial charge in [-0.15, -0.1) is 0 Å². The second kappa shape index (κ2) is 5.50. The van der Waals surface area contributed by atoms with Crippen molar-refractivity contribution in [1.29, 1.82) is 0 Å². The second-order valence-corrected chi connectivity index (χ2v) is 6.82. The molecule has 2 heterocycles. The topological polar surface area (TPSA) is 15.3 Å². The average Bonchev–Trinajstić information content (AvgIpc) is 2.98. The van der Waals surface area contributed by atoms with Gasteiger partial charge in [-0.25, -0.2) is 0 Å². The van der Waals surface area contributed by atoms with Gasteiger partial charge < -0.3 is 5.32 Å². The van der Waals surface area contributed by atoms with E-state index in [2.05, 4.69) is 50.0 Å². The molecule has 0 bridgehead atoms. The lowest BCUT2D eigenvalue weighted by Crippen LogP contribution is -2.40. The molecule has 1 aromatic rings. The molecule has 0 saturated carbocycles. The van der Waals surface area contributed by atoms with Crippen LogP contribution in [-0.2, 0) is 0 Å². The van der Waals surface area contributed by atoms with Crippen LogP contribution in [0.2, 0.25) is 0 Å². The molecule has 1 N–H and O–H groups in total. The molecule has 2 saturated heterocycles. The molecule has 0 spiro atoms. The van der Waals surface area contributed by atoms with Crippen LogP contribution in [0.1, 0.15) is 54.5 Å². The van der Waals surface area contributed by atoms with Gasteiger partial charge in [0.25, 0.3) is 0 Å². The van der Waals surface area contributed by atoms with Crippen LogP contribution < -0.4 is 5.32 Å². The first-order valence-electron chi connectivity index (χ1n) is 8.14. The van der Waals surface area contributed by atoms with Gasteiger partial charge in [-0.3, -0.25) is 4.90 Å². The molecule has 0 aliphatic carbocycles. The first-order chi connectivity index (χ1) is 9.56. The molecule has 1 aromatic carbocycles. The van der Waals surface area contributed by atoms with Crippen LogP contribution >= 0.6 is 0 Å². The molecular weight excluding hydrogens is 244 g/mol. The number of benzene rings is 1. The Bertz CT molecular complexity index is 494. The van der Waals surface area contributed by atoms with E-state index in [1.165, 1.54) is 54.6 Å². The van der Waals surface area contributed by atoms with Crippen molar-refractivity contribution in [3.8, 4) is 0 Å². The van der Waals surface area contributed by atoms with Crippen molar-refractivity contribution in [2.45, 2.75) is 65.1 Å². The number of rotatable bonds is 3. The Morgan fingerprint density at radius 1 is 1.05 bits per heavy atom. The third-order valence-corrected chi connectivity index (χ3v) is 5.42. The Morgan fingerprint density at radius 3 is 2.60 bits per heavy atom. The highest BCUT2D eigenvalue weighted by Crippen LogP contribution is 2.30. The summed E-state index contributed by atoms with van der Waals surface area (Å²) >= 11 is 0. The largest absolute Gasteiger partial charge is 0.306 e. The Labute approximate surface area is 123 Å². The van der Waals surface area contributed by atoms with Crippen molar-refractivity contribution in [3.05, 3.63) is 34.4 Å². The van der Waals surface area contributed by atoms with Crippen molar-refractivity contribution in [2.24, 2.45) is 0 Å². The van der Waals surface area contributed by atoms with E-state index < -0.39 is 0 Å². The molecule has 2 heteroatoms. The fraction of sp³-hybridized carbons (Fsp3) is 0.667. The summed E-state index contributed by atoms with van der Waals surface area (Å²) in [6.07, 6.45) is 4.09. The Morgan fingerprint density at radius 2 is 1.80 bits per heavy atom. The van der Waals surface area contributed by atoms with E-state index in [0.29, 0.717) is 12.1 Å². The Kier molecular flexibility index (Phi) is 3.87. The fourth-order valence-corrected chi connectivity index (χ4v) is 4.14. The van der Waals surface area contributed by atoms with Crippen molar-refractivity contribution < 1.29 is 0 Å². The monoisotopic (exact) mass is 272 g/mol. The molecule has 0 aromatic heterocycles. The quantitative estimate of drug-likeness (QED) is 0.906. The van der Waals surface area contributed by atoms with Crippen LogP contribution in [0.3, 0.4) is 0 Å². The molecule has 3 atom stereocenters. The normalized spacial score (nSPS) is 27.8.